The van der Waals surface area contributed by atoms with Crippen molar-refractivity contribution in [3.05, 3.63) is 35.9 Å². The predicted molar refractivity (Wildman–Crippen MR) is 90.6 cm³/mol. The van der Waals surface area contributed by atoms with Crippen molar-refractivity contribution in [1.29, 1.82) is 0 Å². The molecule has 1 saturated heterocycles. The molecule has 6 heteroatoms. The van der Waals surface area contributed by atoms with Gasteiger partial charge in [-0.05, 0) is 26.3 Å². The molecule has 0 atom stereocenters. The number of carbonyl (C=O) groups excluding carboxylic acids is 2. The van der Waals surface area contributed by atoms with Crippen LogP contribution in [-0.4, -0.2) is 41.9 Å². The molecule has 0 aliphatic carbocycles. The van der Waals surface area contributed by atoms with E-state index in [1.54, 1.807) is 4.90 Å². The van der Waals surface area contributed by atoms with E-state index in [2.05, 4.69) is 5.32 Å². The minimum atomic E-state index is -0.498. The Labute approximate surface area is 143 Å². The van der Waals surface area contributed by atoms with Gasteiger partial charge in [0.15, 0.2) is 0 Å². The highest BCUT2D eigenvalue weighted by atomic mass is 16.6. The molecule has 1 fully saturated rings. The Kier molecular flexibility index (Phi) is 6.06. The highest BCUT2D eigenvalue weighted by molar-refractivity contribution is 5.68. The first-order valence-corrected chi connectivity index (χ1v) is 8.30. The molecule has 2 rings (SSSR count). The predicted octanol–water partition coefficient (Wildman–Crippen LogP) is 3.31. The summed E-state index contributed by atoms with van der Waals surface area (Å²) in [6.45, 7) is 7.04. The zero-order valence-corrected chi connectivity index (χ0v) is 14.6. The van der Waals surface area contributed by atoms with Crippen molar-refractivity contribution in [2.45, 2.75) is 51.9 Å². The third kappa shape index (κ3) is 6.10. The Hall–Kier alpha value is -2.24. The van der Waals surface area contributed by atoms with E-state index in [1.165, 1.54) is 0 Å². The van der Waals surface area contributed by atoms with Crippen molar-refractivity contribution in [2.75, 3.05) is 13.1 Å². The van der Waals surface area contributed by atoms with Gasteiger partial charge in [-0.1, -0.05) is 30.3 Å². The van der Waals surface area contributed by atoms with Crippen LogP contribution >= 0.6 is 0 Å². The maximum absolute atomic E-state index is 12.0. The fraction of sp³-hybridized carbons (Fsp3) is 0.556. The first-order chi connectivity index (χ1) is 11.3. The van der Waals surface area contributed by atoms with E-state index >= 15 is 0 Å². The molecule has 0 spiro atoms. The van der Waals surface area contributed by atoms with Crippen LogP contribution in [0.25, 0.3) is 0 Å². The standard InChI is InChI=1S/C18H26N2O4/c1-18(2,3)24-17(22)20-11-9-15(10-12-20)23-16(21)19-13-14-7-5-4-6-8-14/h4-8,15H,9-13H2,1-3H3,(H,19,21). The van der Waals surface area contributed by atoms with E-state index in [0.29, 0.717) is 32.5 Å². The summed E-state index contributed by atoms with van der Waals surface area (Å²) < 4.78 is 10.8. The molecule has 24 heavy (non-hydrogen) atoms. The molecule has 0 saturated carbocycles. The summed E-state index contributed by atoms with van der Waals surface area (Å²) in [5.74, 6) is 0. The summed E-state index contributed by atoms with van der Waals surface area (Å²) in [6, 6.07) is 9.67. The fourth-order valence-corrected chi connectivity index (χ4v) is 2.45. The number of piperidine rings is 1. The number of nitrogens with one attached hydrogen (secondary N) is 1. The molecule has 0 bridgehead atoms. The lowest BCUT2D eigenvalue weighted by Gasteiger charge is -2.33. The average molecular weight is 334 g/mol. The van der Waals surface area contributed by atoms with Crippen LogP contribution in [0.3, 0.4) is 0 Å². The third-order valence-corrected chi connectivity index (χ3v) is 3.65. The second kappa shape index (κ2) is 8.04. The number of benzene rings is 1. The number of alkyl carbamates (subject to hydrolysis) is 1. The number of rotatable bonds is 3. The quantitative estimate of drug-likeness (QED) is 0.921. The van der Waals surface area contributed by atoms with Crippen LogP contribution in [-0.2, 0) is 16.0 Å². The van der Waals surface area contributed by atoms with Gasteiger partial charge in [-0.2, -0.15) is 0 Å². The van der Waals surface area contributed by atoms with Crippen molar-refractivity contribution < 1.29 is 19.1 Å². The van der Waals surface area contributed by atoms with E-state index < -0.39 is 11.7 Å². The van der Waals surface area contributed by atoms with Crippen LogP contribution in [0.2, 0.25) is 0 Å². The van der Waals surface area contributed by atoms with Crippen LogP contribution in [0.15, 0.2) is 30.3 Å². The normalized spacial score (nSPS) is 15.7. The van der Waals surface area contributed by atoms with Crippen LogP contribution in [0.1, 0.15) is 39.2 Å². The first kappa shape index (κ1) is 18.1. The zero-order chi connectivity index (χ0) is 17.6. The summed E-state index contributed by atoms with van der Waals surface area (Å²) in [7, 11) is 0. The van der Waals surface area contributed by atoms with Gasteiger partial charge in [0.1, 0.15) is 11.7 Å². The second-order valence-electron chi connectivity index (χ2n) is 6.91. The Balaban J connectivity index is 1.69. The number of nitrogens with zero attached hydrogens (tertiary/aromatic N) is 1. The number of hydrogen-bond donors (Lipinski definition) is 1. The molecule has 1 aliphatic heterocycles. The molecule has 1 aliphatic rings. The first-order valence-electron chi connectivity index (χ1n) is 8.30. The van der Waals surface area contributed by atoms with E-state index in [4.69, 9.17) is 9.47 Å². The molecule has 0 unspecified atom stereocenters. The Morgan fingerprint density at radius 2 is 1.79 bits per heavy atom. The van der Waals surface area contributed by atoms with Crippen molar-refractivity contribution in [1.82, 2.24) is 10.2 Å². The van der Waals surface area contributed by atoms with Crippen LogP contribution in [0.5, 0.6) is 0 Å². The second-order valence-corrected chi connectivity index (χ2v) is 6.91. The van der Waals surface area contributed by atoms with Gasteiger partial charge in [-0.3, -0.25) is 0 Å². The van der Waals surface area contributed by atoms with Gasteiger partial charge in [0.25, 0.3) is 0 Å². The van der Waals surface area contributed by atoms with Gasteiger partial charge in [0.05, 0.1) is 0 Å². The maximum Gasteiger partial charge on any atom is 0.410 e. The molecule has 0 radical (unpaired) electrons. The van der Waals surface area contributed by atoms with Gasteiger partial charge >= 0.3 is 12.2 Å². The molecule has 132 valence electrons. The van der Waals surface area contributed by atoms with Gasteiger partial charge in [-0.15, -0.1) is 0 Å². The van der Waals surface area contributed by atoms with Crippen molar-refractivity contribution in [2.24, 2.45) is 0 Å². The molecule has 1 N–H and O–H groups in total. The topological polar surface area (TPSA) is 67.9 Å². The molecule has 1 heterocycles. The average Bonchev–Trinajstić information content (AvgIpc) is 2.53. The van der Waals surface area contributed by atoms with E-state index in [0.717, 1.165) is 5.56 Å². The number of amides is 2. The molecule has 0 aromatic heterocycles. The largest absolute Gasteiger partial charge is 0.446 e. The van der Waals surface area contributed by atoms with Crippen LogP contribution < -0.4 is 5.32 Å². The number of hydrogen-bond acceptors (Lipinski definition) is 4. The van der Waals surface area contributed by atoms with Crippen molar-refractivity contribution in [3.63, 3.8) is 0 Å². The highest BCUT2D eigenvalue weighted by Crippen LogP contribution is 2.17. The number of likely N-dealkylation sites (tertiary alicyclic amines) is 1. The zero-order valence-electron chi connectivity index (χ0n) is 14.6. The fourth-order valence-electron chi connectivity index (χ4n) is 2.45. The summed E-state index contributed by atoms with van der Waals surface area (Å²) in [6.07, 6.45) is 0.347. The minimum absolute atomic E-state index is 0.167. The molecular formula is C18H26N2O4. The Bertz CT molecular complexity index is 546. The summed E-state index contributed by atoms with van der Waals surface area (Å²) in [5.41, 5.74) is 0.524. The Morgan fingerprint density at radius 1 is 1.17 bits per heavy atom. The monoisotopic (exact) mass is 334 g/mol. The SMILES string of the molecule is CC(C)(C)OC(=O)N1CCC(OC(=O)NCc2ccccc2)CC1. The summed E-state index contributed by atoms with van der Waals surface area (Å²) in [5, 5.41) is 2.74. The third-order valence-electron chi connectivity index (χ3n) is 3.65. The Morgan fingerprint density at radius 3 is 2.38 bits per heavy atom. The van der Waals surface area contributed by atoms with E-state index in [-0.39, 0.29) is 12.2 Å². The van der Waals surface area contributed by atoms with Gasteiger partial charge in [0.2, 0.25) is 0 Å². The van der Waals surface area contributed by atoms with Gasteiger partial charge in [0, 0.05) is 32.5 Å². The lowest BCUT2D eigenvalue weighted by Crippen LogP contribution is -2.44. The van der Waals surface area contributed by atoms with E-state index in [1.807, 2.05) is 51.1 Å². The molecule has 1 aromatic rings. The lowest BCUT2D eigenvalue weighted by molar-refractivity contribution is 0.00644. The lowest BCUT2D eigenvalue weighted by atomic mass is 10.1. The molecule has 2 amide bonds. The smallest absolute Gasteiger partial charge is 0.410 e. The van der Waals surface area contributed by atoms with Crippen LogP contribution in [0, 0.1) is 0 Å². The van der Waals surface area contributed by atoms with Gasteiger partial charge in [-0.25, -0.2) is 9.59 Å². The molecule has 6 nitrogen and oxygen atoms in total. The summed E-state index contributed by atoms with van der Waals surface area (Å²) in [4.78, 5) is 25.5. The van der Waals surface area contributed by atoms with Gasteiger partial charge < -0.3 is 19.7 Å². The molecule has 1 aromatic carbocycles. The molecular weight excluding hydrogens is 308 g/mol. The van der Waals surface area contributed by atoms with E-state index in [9.17, 15) is 9.59 Å². The van der Waals surface area contributed by atoms with Crippen molar-refractivity contribution in [3.8, 4) is 0 Å². The van der Waals surface area contributed by atoms with Crippen LogP contribution in [0.4, 0.5) is 9.59 Å². The van der Waals surface area contributed by atoms with Crippen molar-refractivity contribution >= 4 is 12.2 Å². The maximum atomic E-state index is 12.0. The highest BCUT2D eigenvalue weighted by Gasteiger charge is 2.28. The minimum Gasteiger partial charge on any atom is -0.446 e. The number of carbonyl (C=O) groups is 2. The summed E-state index contributed by atoms with van der Waals surface area (Å²) >= 11 is 0. The number of ether oxygens (including phenoxy) is 2.